The quantitative estimate of drug-likeness (QED) is 0.840. The number of amides is 1. The first-order valence-corrected chi connectivity index (χ1v) is 6.79. The number of ether oxygens (including phenoxy) is 2. The molecule has 1 amide bonds. The fourth-order valence-corrected chi connectivity index (χ4v) is 2.65. The van der Waals surface area contributed by atoms with E-state index < -0.39 is 0 Å². The molecule has 1 aliphatic heterocycles. The number of nitrogens with zero attached hydrogens (tertiary/aromatic N) is 2. The molecule has 1 unspecified atom stereocenters. The molecule has 0 aliphatic carbocycles. The van der Waals surface area contributed by atoms with Crippen molar-refractivity contribution in [2.24, 2.45) is 0 Å². The zero-order valence-electron chi connectivity index (χ0n) is 12.5. The Hall–Kier alpha value is -1.75. The zero-order valence-corrected chi connectivity index (χ0v) is 12.5. The number of hydrogen-bond acceptors (Lipinski definition) is 4. The highest BCUT2D eigenvalue weighted by Crippen LogP contribution is 2.30. The molecule has 0 bridgehead atoms. The fourth-order valence-electron chi connectivity index (χ4n) is 2.65. The highest BCUT2D eigenvalue weighted by molar-refractivity contribution is 6.00. The summed E-state index contributed by atoms with van der Waals surface area (Å²) in [7, 11) is 5.21. The highest BCUT2D eigenvalue weighted by atomic mass is 16.5. The number of carbonyl (C=O) groups is 1. The second-order valence-corrected chi connectivity index (χ2v) is 5.15. The minimum absolute atomic E-state index is 0.0279. The van der Waals surface area contributed by atoms with Gasteiger partial charge in [0.15, 0.2) is 0 Å². The Morgan fingerprint density at radius 3 is 2.30 bits per heavy atom. The third-order valence-corrected chi connectivity index (χ3v) is 3.73. The molecule has 0 radical (unpaired) electrons. The van der Waals surface area contributed by atoms with Gasteiger partial charge in [-0.1, -0.05) is 6.07 Å². The number of piperazine rings is 1. The summed E-state index contributed by atoms with van der Waals surface area (Å²) in [6.07, 6.45) is 0. The number of methoxy groups -OCH3 is 2. The van der Waals surface area contributed by atoms with Crippen LogP contribution in [-0.4, -0.2) is 62.7 Å². The number of likely N-dealkylation sites (N-methyl/N-ethyl adjacent to an activating group) is 1. The van der Waals surface area contributed by atoms with Crippen molar-refractivity contribution in [1.29, 1.82) is 0 Å². The van der Waals surface area contributed by atoms with Gasteiger partial charge in [0.2, 0.25) is 0 Å². The summed E-state index contributed by atoms with van der Waals surface area (Å²) >= 11 is 0. The molecule has 0 aromatic heterocycles. The van der Waals surface area contributed by atoms with E-state index in [0.29, 0.717) is 17.1 Å². The van der Waals surface area contributed by atoms with Crippen molar-refractivity contribution in [2.75, 3.05) is 40.9 Å². The van der Waals surface area contributed by atoms with E-state index in [1.807, 2.05) is 11.0 Å². The maximum atomic E-state index is 12.8. The van der Waals surface area contributed by atoms with E-state index in [1.165, 1.54) is 0 Å². The largest absolute Gasteiger partial charge is 0.496 e. The molecule has 0 spiro atoms. The summed E-state index contributed by atoms with van der Waals surface area (Å²) in [5, 5.41) is 0. The third kappa shape index (κ3) is 2.72. The van der Waals surface area contributed by atoms with Crippen molar-refractivity contribution in [3.63, 3.8) is 0 Å². The molecule has 5 nitrogen and oxygen atoms in total. The van der Waals surface area contributed by atoms with Crippen molar-refractivity contribution >= 4 is 5.91 Å². The van der Waals surface area contributed by atoms with Crippen LogP contribution in [0.25, 0.3) is 0 Å². The van der Waals surface area contributed by atoms with E-state index in [1.54, 1.807) is 26.4 Å². The van der Waals surface area contributed by atoms with Gasteiger partial charge in [-0.3, -0.25) is 4.79 Å². The van der Waals surface area contributed by atoms with Crippen LogP contribution >= 0.6 is 0 Å². The van der Waals surface area contributed by atoms with Crippen LogP contribution in [0.3, 0.4) is 0 Å². The lowest BCUT2D eigenvalue weighted by Gasteiger charge is -2.38. The van der Waals surface area contributed by atoms with Crippen LogP contribution in [-0.2, 0) is 0 Å². The molecule has 1 aliphatic rings. The Morgan fingerprint density at radius 1 is 1.20 bits per heavy atom. The van der Waals surface area contributed by atoms with E-state index in [0.717, 1.165) is 19.6 Å². The minimum atomic E-state index is -0.0279. The van der Waals surface area contributed by atoms with Crippen molar-refractivity contribution < 1.29 is 14.3 Å². The Labute approximate surface area is 120 Å². The van der Waals surface area contributed by atoms with Gasteiger partial charge < -0.3 is 19.3 Å². The van der Waals surface area contributed by atoms with Crippen LogP contribution in [0.5, 0.6) is 11.5 Å². The van der Waals surface area contributed by atoms with Crippen LogP contribution in [0.4, 0.5) is 0 Å². The second kappa shape index (κ2) is 6.13. The van der Waals surface area contributed by atoms with E-state index >= 15 is 0 Å². The van der Waals surface area contributed by atoms with Crippen LogP contribution < -0.4 is 9.47 Å². The smallest absolute Gasteiger partial charge is 0.261 e. The maximum absolute atomic E-state index is 12.8. The topological polar surface area (TPSA) is 42.0 Å². The van der Waals surface area contributed by atoms with Crippen LogP contribution in [0.15, 0.2) is 18.2 Å². The summed E-state index contributed by atoms with van der Waals surface area (Å²) in [5.74, 6) is 1.08. The zero-order chi connectivity index (χ0) is 14.7. The first kappa shape index (κ1) is 14.7. The molecule has 1 saturated heterocycles. The monoisotopic (exact) mass is 278 g/mol. The number of benzene rings is 1. The van der Waals surface area contributed by atoms with Crippen LogP contribution in [0.1, 0.15) is 17.3 Å². The molecular weight excluding hydrogens is 256 g/mol. The minimum Gasteiger partial charge on any atom is -0.496 e. The molecule has 1 aromatic rings. The van der Waals surface area contributed by atoms with Gasteiger partial charge in [0, 0.05) is 25.7 Å². The van der Waals surface area contributed by atoms with Crippen LogP contribution in [0.2, 0.25) is 0 Å². The standard InChI is InChI=1S/C15H22N2O3/c1-11-10-16(2)8-9-17(11)15(18)14-12(19-3)6-5-7-13(14)20-4/h5-7,11H,8-10H2,1-4H3. The molecule has 20 heavy (non-hydrogen) atoms. The summed E-state index contributed by atoms with van der Waals surface area (Å²) in [4.78, 5) is 16.9. The van der Waals surface area contributed by atoms with Gasteiger partial charge in [-0.2, -0.15) is 0 Å². The Balaban J connectivity index is 2.33. The molecule has 2 rings (SSSR count). The first-order chi connectivity index (χ1) is 9.58. The second-order valence-electron chi connectivity index (χ2n) is 5.15. The number of rotatable bonds is 3. The van der Waals surface area contributed by atoms with Gasteiger partial charge in [0.25, 0.3) is 5.91 Å². The Morgan fingerprint density at radius 2 is 1.80 bits per heavy atom. The Bertz CT molecular complexity index is 468. The van der Waals surface area contributed by atoms with Gasteiger partial charge in [-0.25, -0.2) is 0 Å². The van der Waals surface area contributed by atoms with Crippen LogP contribution in [0, 0.1) is 0 Å². The van der Waals surface area contributed by atoms with Crippen molar-refractivity contribution in [2.45, 2.75) is 13.0 Å². The Kier molecular flexibility index (Phi) is 4.49. The average Bonchev–Trinajstić information content (AvgIpc) is 2.45. The SMILES string of the molecule is COc1cccc(OC)c1C(=O)N1CCN(C)CC1C. The molecule has 1 heterocycles. The predicted octanol–water partition coefficient (Wildman–Crippen LogP) is 1.48. The van der Waals surface area contributed by atoms with Gasteiger partial charge in [0.05, 0.1) is 14.2 Å². The first-order valence-electron chi connectivity index (χ1n) is 6.79. The summed E-state index contributed by atoms with van der Waals surface area (Å²) in [5.41, 5.74) is 0.508. The summed E-state index contributed by atoms with van der Waals surface area (Å²) in [6.45, 7) is 4.55. The van der Waals surface area contributed by atoms with Gasteiger partial charge in [0.1, 0.15) is 17.1 Å². The lowest BCUT2D eigenvalue weighted by atomic mass is 10.1. The molecule has 0 saturated carbocycles. The molecule has 0 N–H and O–H groups in total. The predicted molar refractivity (Wildman–Crippen MR) is 77.5 cm³/mol. The van der Waals surface area contributed by atoms with E-state index in [-0.39, 0.29) is 11.9 Å². The van der Waals surface area contributed by atoms with E-state index in [9.17, 15) is 4.79 Å². The third-order valence-electron chi connectivity index (χ3n) is 3.73. The lowest BCUT2D eigenvalue weighted by Crippen LogP contribution is -2.52. The fraction of sp³-hybridized carbons (Fsp3) is 0.533. The average molecular weight is 278 g/mol. The lowest BCUT2D eigenvalue weighted by molar-refractivity contribution is 0.0527. The molecular formula is C15H22N2O3. The highest BCUT2D eigenvalue weighted by Gasteiger charge is 2.30. The number of hydrogen-bond donors (Lipinski definition) is 0. The van der Waals surface area contributed by atoms with Crippen molar-refractivity contribution in [1.82, 2.24) is 9.80 Å². The normalized spacial score (nSPS) is 19.8. The van der Waals surface area contributed by atoms with Gasteiger partial charge in [-0.05, 0) is 26.1 Å². The van der Waals surface area contributed by atoms with Crippen molar-refractivity contribution in [3.05, 3.63) is 23.8 Å². The van der Waals surface area contributed by atoms with Crippen molar-refractivity contribution in [3.8, 4) is 11.5 Å². The molecule has 1 aromatic carbocycles. The molecule has 110 valence electrons. The maximum Gasteiger partial charge on any atom is 0.261 e. The number of carbonyl (C=O) groups excluding carboxylic acids is 1. The molecule has 1 fully saturated rings. The van der Waals surface area contributed by atoms with Gasteiger partial charge >= 0.3 is 0 Å². The summed E-state index contributed by atoms with van der Waals surface area (Å²) in [6, 6.07) is 5.57. The van der Waals surface area contributed by atoms with Gasteiger partial charge in [-0.15, -0.1) is 0 Å². The molecule has 5 heteroatoms. The summed E-state index contributed by atoms with van der Waals surface area (Å²) < 4.78 is 10.6. The van der Waals surface area contributed by atoms with E-state index in [4.69, 9.17) is 9.47 Å². The molecule has 1 atom stereocenters. The van der Waals surface area contributed by atoms with E-state index in [2.05, 4.69) is 18.9 Å².